The monoisotopic (exact) mass is 353 g/mol. The lowest BCUT2D eigenvalue weighted by atomic mass is 10.1. The first-order valence-corrected chi connectivity index (χ1v) is 5.72. The Bertz CT molecular complexity index is 459. The van der Waals surface area contributed by atoms with Crippen molar-refractivity contribution in [2.24, 2.45) is 0 Å². The van der Waals surface area contributed by atoms with Crippen LogP contribution in [0.4, 0.5) is 26.3 Å². The fourth-order valence-corrected chi connectivity index (χ4v) is 1.89. The Morgan fingerprint density at radius 1 is 1.21 bits per heavy atom. The van der Waals surface area contributed by atoms with Crippen LogP contribution >= 0.6 is 15.9 Å². The van der Waals surface area contributed by atoms with Crippen molar-refractivity contribution in [3.8, 4) is 5.88 Å². The third-order valence-corrected chi connectivity index (χ3v) is 2.58. The van der Waals surface area contributed by atoms with Gasteiger partial charge < -0.3 is 9.84 Å². The molecule has 0 aliphatic heterocycles. The topological polar surface area (TPSA) is 42.4 Å². The zero-order chi connectivity index (χ0) is 14.8. The van der Waals surface area contributed by atoms with Crippen molar-refractivity contribution >= 4 is 15.9 Å². The Labute approximate surface area is 111 Å². The summed E-state index contributed by atoms with van der Waals surface area (Å²) in [6.07, 6.45) is -9.60. The Hall–Kier alpha value is -1.03. The van der Waals surface area contributed by atoms with Gasteiger partial charge in [-0.25, -0.2) is 4.98 Å². The Kier molecular flexibility index (Phi) is 4.67. The summed E-state index contributed by atoms with van der Waals surface area (Å²) in [6, 6.07) is 0. The first-order chi connectivity index (χ1) is 8.60. The van der Waals surface area contributed by atoms with Gasteiger partial charge in [0.25, 0.3) is 0 Å². The maximum Gasteiger partial charge on any atom is 0.574 e. The molecule has 0 fully saturated rings. The van der Waals surface area contributed by atoms with Gasteiger partial charge in [0.15, 0.2) is 0 Å². The minimum atomic E-state index is -5.16. The molecule has 0 aliphatic carbocycles. The average molecular weight is 354 g/mol. The molecule has 0 unspecified atom stereocenters. The normalized spacial score (nSPS) is 12.6. The number of aromatic nitrogens is 1. The van der Waals surface area contributed by atoms with Crippen LogP contribution in [0.3, 0.4) is 0 Å². The molecular formula is C9H6BrF6NO2. The summed E-state index contributed by atoms with van der Waals surface area (Å²) >= 11 is 2.65. The zero-order valence-corrected chi connectivity index (χ0v) is 10.5. The number of halogens is 7. The molecule has 0 saturated heterocycles. The van der Waals surface area contributed by atoms with Gasteiger partial charge in [-0.1, -0.05) is 15.9 Å². The largest absolute Gasteiger partial charge is 0.574 e. The van der Waals surface area contributed by atoms with Crippen LogP contribution < -0.4 is 4.74 Å². The van der Waals surface area contributed by atoms with Crippen molar-refractivity contribution < 1.29 is 36.2 Å². The summed E-state index contributed by atoms with van der Waals surface area (Å²) in [7, 11) is 0. The second-order valence-electron chi connectivity index (χ2n) is 3.28. The van der Waals surface area contributed by atoms with Crippen LogP contribution in [0, 0.1) is 0 Å². The Morgan fingerprint density at radius 2 is 1.79 bits per heavy atom. The zero-order valence-electron chi connectivity index (χ0n) is 8.94. The van der Waals surface area contributed by atoms with Gasteiger partial charge >= 0.3 is 12.5 Å². The van der Waals surface area contributed by atoms with Crippen molar-refractivity contribution in [2.45, 2.75) is 24.5 Å². The molecule has 1 aromatic rings. The van der Waals surface area contributed by atoms with Crippen LogP contribution in [-0.4, -0.2) is 16.5 Å². The predicted octanol–water partition coefficient (Wildman–Crippen LogP) is 3.39. The Morgan fingerprint density at radius 3 is 2.16 bits per heavy atom. The maximum absolute atomic E-state index is 12.8. The number of aliphatic hydroxyl groups is 1. The standard InChI is InChI=1S/C9H6BrF6NO2/c10-1-5-6(8(11,12)13)4(3-18)2-17-7(5)19-9(14,15)16/h2,18H,1,3H2. The van der Waals surface area contributed by atoms with Gasteiger partial charge in [0.1, 0.15) is 0 Å². The summed E-state index contributed by atoms with van der Waals surface area (Å²) in [5.41, 5.74) is -2.84. The lowest BCUT2D eigenvalue weighted by molar-refractivity contribution is -0.276. The van der Waals surface area contributed by atoms with Gasteiger partial charge in [-0.3, -0.25) is 0 Å². The average Bonchev–Trinajstić information content (AvgIpc) is 2.25. The third kappa shape index (κ3) is 3.96. The van der Waals surface area contributed by atoms with Crippen LogP contribution in [-0.2, 0) is 18.1 Å². The quantitative estimate of drug-likeness (QED) is 0.669. The first kappa shape index (κ1) is 16.0. The van der Waals surface area contributed by atoms with Gasteiger partial charge in [-0.05, 0) is 0 Å². The number of alkyl halides is 7. The number of aliphatic hydroxyl groups excluding tert-OH is 1. The maximum atomic E-state index is 12.8. The van der Waals surface area contributed by atoms with Crippen molar-refractivity contribution in [3.63, 3.8) is 0 Å². The number of rotatable bonds is 3. The molecule has 0 spiro atoms. The summed E-state index contributed by atoms with van der Waals surface area (Å²) in [4.78, 5) is 3.15. The number of hydrogen-bond donors (Lipinski definition) is 1. The van der Waals surface area contributed by atoms with E-state index < -0.39 is 47.0 Å². The molecule has 1 rings (SSSR count). The Balaban J connectivity index is 3.45. The summed E-state index contributed by atoms with van der Waals surface area (Å²) in [5, 5.41) is 8.25. The van der Waals surface area contributed by atoms with Crippen LogP contribution in [0.15, 0.2) is 6.20 Å². The van der Waals surface area contributed by atoms with Crippen LogP contribution in [0.1, 0.15) is 16.7 Å². The molecule has 19 heavy (non-hydrogen) atoms. The van der Waals surface area contributed by atoms with Crippen LogP contribution in [0.25, 0.3) is 0 Å². The highest BCUT2D eigenvalue weighted by molar-refractivity contribution is 9.08. The van der Waals surface area contributed by atoms with Crippen molar-refractivity contribution in [1.82, 2.24) is 4.98 Å². The highest BCUT2D eigenvalue weighted by atomic mass is 79.9. The minimum absolute atomic E-state index is 0.496. The van der Waals surface area contributed by atoms with Crippen molar-refractivity contribution in [3.05, 3.63) is 22.9 Å². The van der Waals surface area contributed by atoms with Crippen LogP contribution in [0.5, 0.6) is 5.88 Å². The highest BCUT2D eigenvalue weighted by Crippen LogP contribution is 2.39. The van der Waals surface area contributed by atoms with E-state index in [2.05, 4.69) is 25.7 Å². The molecule has 0 saturated carbocycles. The van der Waals surface area contributed by atoms with E-state index in [9.17, 15) is 26.3 Å². The molecule has 0 aliphatic rings. The lowest BCUT2D eigenvalue weighted by Crippen LogP contribution is -2.21. The van der Waals surface area contributed by atoms with Crippen molar-refractivity contribution in [2.75, 3.05) is 0 Å². The van der Waals surface area contributed by atoms with Crippen LogP contribution in [0.2, 0.25) is 0 Å². The summed E-state index contributed by atoms with van der Waals surface area (Å²) in [6.45, 7) is -1.01. The molecule has 0 aromatic carbocycles. The number of pyridine rings is 1. The molecule has 3 nitrogen and oxygen atoms in total. The second-order valence-corrected chi connectivity index (χ2v) is 3.84. The fourth-order valence-electron chi connectivity index (χ4n) is 1.37. The number of hydrogen-bond acceptors (Lipinski definition) is 3. The molecule has 0 amide bonds. The highest BCUT2D eigenvalue weighted by Gasteiger charge is 2.40. The first-order valence-electron chi connectivity index (χ1n) is 4.60. The number of ether oxygens (including phenoxy) is 1. The van der Waals surface area contributed by atoms with E-state index in [1.165, 1.54) is 0 Å². The van der Waals surface area contributed by atoms with E-state index >= 15 is 0 Å². The van der Waals surface area contributed by atoms with Gasteiger partial charge in [0.2, 0.25) is 5.88 Å². The molecule has 1 aromatic heterocycles. The molecule has 108 valence electrons. The molecule has 0 radical (unpaired) electrons. The van der Waals surface area contributed by atoms with E-state index in [0.29, 0.717) is 6.20 Å². The van der Waals surface area contributed by atoms with E-state index in [0.717, 1.165) is 0 Å². The molecule has 1 heterocycles. The SMILES string of the molecule is OCc1cnc(OC(F)(F)F)c(CBr)c1C(F)(F)F. The van der Waals surface area contributed by atoms with E-state index in [1.54, 1.807) is 0 Å². The molecule has 0 bridgehead atoms. The fraction of sp³-hybridized carbons (Fsp3) is 0.444. The van der Waals surface area contributed by atoms with E-state index in [4.69, 9.17) is 5.11 Å². The predicted molar refractivity (Wildman–Crippen MR) is 54.5 cm³/mol. The van der Waals surface area contributed by atoms with E-state index in [-0.39, 0.29) is 0 Å². The summed E-state index contributed by atoms with van der Waals surface area (Å²) in [5.74, 6) is -1.20. The van der Waals surface area contributed by atoms with Gasteiger partial charge in [0, 0.05) is 22.7 Å². The molecule has 1 N–H and O–H groups in total. The number of nitrogens with zero attached hydrogens (tertiary/aromatic N) is 1. The molecular weight excluding hydrogens is 348 g/mol. The minimum Gasteiger partial charge on any atom is -0.392 e. The summed E-state index contributed by atoms with van der Waals surface area (Å²) < 4.78 is 78.0. The third-order valence-electron chi connectivity index (χ3n) is 2.02. The smallest absolute Gasteiger partial charge is 0.392 e. The van der Waals surface area contributed by atoms with Gasteiger partial charge in [-0.15, -0.1) is 13.2 Å². The second kappa shape index (κ2) is 5.53. The molecule has 0 atom stereocenters. The van der Waals surface area contributed by atoms with Gasteiger partial charge in [-0.2, -0.15) is 13.2 Å². The van der Waals surface area contributed by atoms with Crippen molar-refractivity contribution in [1.29, 1.82) is 0 Å². The van der Waals surface area contributed by atoms with Gasteiger partial charge in [0.05, 0.1) is 12.2 Å². The van der Waals surface area contributed by atoms with E-state index in [1.807, 2.05) is 0 Å². The molecule has 10 heteroatoms. The lowest BCUT2D eigenvalue weighted by Gasteiger charge is -2.18.